The Kier molecular flexibility index (Phi) is 3.54. The summed E-state index contributed by atoms with van der Waals surface area (Å²) in [6.45, 7) is 4.61. The van der Waals surface area contributed by atoms with Gasteiger partial charge in [0, 0.05) is 31.5 Å². The van der Waals surface area contributed by atoms with Crippen molar-refractivity contribution in [2.24, 2.45) is 5.73 Å². The first-order chi connectivity index (χ1) is 9.65. The zero-order chi connectivity index (χ0) is 14.1. The van der Waals surface area contributed by atoms with Crippen LogP contribution >= 0.6 is 0 Å². The lowest BCUT2D eigenvalue weighted by atomic mass is 9.98. The van der Waals surface area contributed by atoms with Crippen molar-refractivity contribution < 1.29 is 4.39 Å². The lowest BCUT2D eigenvalue weighted by Crippen LogP contribution is -2.43. The highest BCUT2D eigenvalue weighted by Gasteiger charge is 2.27. The Morgan fingerprint density at radius 2 is 2.00 bits per heavy atom. The van der Waals surface area contributed by atoms with Crippen LogP contribution in [0.1, 0.15) is 24.4 Å². The van der Waals surface area contributed by atoms with Crippen LogP contribution in [-0.4, -0.2) is 27.0 Å². The molecule has 0 bridgehead atoms. The quantitative estimate of drug-likeness (QED) is 0.930. The molecule has 1 aliphatic rings. The van der Waals surface area contributed by atoms with E-state index in [9.17, 15) is 4.39 Å². The molecule has 0 amide bonds. The third-order valence-corrected chi connectivity index (χ3v) is 3.88. The molecule has 0 fully saturated rings. The fourth-order valence-corrected chi connectivity index (χ4v) is 2.94. The van der Waals surface area contributed by atoms with E-state index in [2.05, 4.69) is 14.5 Å². The van der Waals surface area contributed by atoms with Gasteiger partial charge < -0.3 is 10.3 Å². The number of halogens is 1. The first kappa shape index (κ1) is 13.3. The third-order valence-electron chi connectivity index (χ3n) is 3.88. The second-order valence-corrected chi connectivity index (χ2v) is 5.36. The first-order valence-corrected chi connectivity index (χ1v) is 6.90. The van der Waals surface area contributed by atoms with Crippen molar-refractivity contribution >= 4 is 0 Å². The van der Waals surface area contributed by atoms with Crippen LogP contribution in [-0.2, 0) is 13.1 Å². The summed E-state index contributed by atoms with van der Waals surface area (Å²) in [5, 5.41) is 0. The van der Waals surface area contributed by atoms with E-state index in [1.165, 1.54) is 12.1 Å². The largest absolute Gasteiger partial charge is 0.333 e. The van der Waals surface area contributed by atoms with Gasteiger partial charge >= 0.3 is 0 Å². The van der Waals surface area contributed by atoms with Crippen LogP contribution in [0, 0.1) is 5.82 Å². The molecule has 2 atom stereocenters. The monoisotopic (exact) mass is 274 g/mol. The molecule has 5 heteroatoms. The minimum absolute atomic E-state index is 0.0260. The third kappa shape index (κ3) is 2.46. The van der Waals surface area contributed by atoms with Gasteiger partial charge in [-0.2, -0.15) is 0 Å². The summed E-state index contributed by atoms with van der Waals surface area (Å²) in [4.78, 5) is 6.70. The Labute approximate surface area is 118 Å². The van der Waals surface area contributed by atoms with Crippen molar-refractivity contribution in [1.82, 2.24) is 14.5 Å². The summed E-state index contributed by atoms with van der Waals surface area (Å²) in [6, 6.07) is 6.70. The van der Waals surface area contributed by atoms with Crippen molar-refractivity contribution in [2.75, 3.05) is 6.54 Å². The van der Waals surface area contributed by atoms with Crippen molar-refractivity contribution in [3.05, 3.63) is 53.9 Å². The van der Waals surface area contributed by atoms with Crippen LogP contribution in [0.5, 0.6) is 0 Å². The molecule has 2 unspecified atom stereocenters. The van der Waals surface area contributed by atoms with Crippen LogP contribution in [0.2, 0.25) is 0 Å². The minimum Gasteiger partial charge on any atom is -0.333 e. The van der Waals surface area contributed by atoms with E-state index in [1.807, 2.05) is 31.5 Å². The molecule has 2 aromatic rings. The van der Waals surface area contributed by atoms with E-state index in [0.29, 0.717) is 0 Å². The summed E-state index contributed by atoms with van der Waals surface area (Å²) in [7, 11) is 0. The van der Waals surface area contributed by atoms with Crippen LogP contribution in [0.25, 0.3) is 0 Å². The molecule has 0 radical (unpaired) electrons. The van der Waals surface area contributed by atoms with Crippen LogP contribution < -0.4 is 5.73 Å². The molecule has 1 aromatic carbocycles. The van der Waals surface area contributed by atoms with Gasteiger partial charge in [-0.3, -0.25) is 4.90 Å². The van der Waals surface area contributed by atoms with E-state index >= 15 is 0 Å². The van der Waals surface area contributed by atoms with Crippen molar-refractivity contribution in [3.63, 3.8) is 0 Å². The Hall–Kier alpha value is -1.72. The fourth-order valence-electron chi connectivity index (χ4n) is 2.94. The van der Waals surface area contributed by atoms with Crippen LogP contribution in [0.15, 0.2) is 36.7 Å². The Bertz CT molecular complexity index is 576. The van der Waals surface area contributed by atoms with E-state index in [0.717, 1.165) is 31.0 Å². The summed E-state index contributed by atoms with van der Waals surface area (Å²) in [5.41, 5.74) is 7.23. The number of imidazole rings is 1. The van der Waals surface area contributed by atoms with Crippen molar-refractivity contribution in [1.29, 1.82) is 0 Å². The lowest BCUT2D eigenvalue weighted by molar-refractivity contribution is 0.136. The van der Waals surface area contributed by atoms with Gasteiger partial charge in [0.05, 0.1) is 12.6 Å². The number of aromatic nitrogens is 2. The molecular formula is C15H19FN4. The number of fused-ring (bicyclic) bond motifs is 1. The molecule has 1 aromatic heterocycles. The predicted octanol–water partition coefficient (Wildman–Crippen LogP) is 1.93. The summed E-state index contributed by atoms with van der Waals surface area (Å²) >= 11 is 0. The number of hydrogen-bond donors (Lipinski definition) is 1. The Morgan fingerprint density at radius 3 is 2.70 bits per heavy atom. The first-order valence-electron chi connectivity index (χ1n) is 6.90. The van der Waals surface area contributed by atoms with Crippen molar-refractivity contribution in [3.8, 4) is 0 Å². The molecule has 2 heterocycles. The predicted molar refractivity (Wildman–Crippen MR) is 75.4 cm³/mol. The molecule has 4 nitrogen and oxygen atoms in total. The molecule has 2 N–H and O–H groups in total. The van der Waals surface area contributed by atoms with Crippen LogP contribution in [0.4, 0.5) is 4.39 Å². The number of nitrogens with two attached hydrogens (primary N) is 1. The maximum absolute atomic E-state index is 13.1. The lowest BCUT2D eigenvalue weighted by Gasteiger charge is -2.37. The van der Waals surface area contributed by atoms with Gasteiger partial charge in [-0.15, -0.1) is 0 Å². The highest BCUT2D eigenvalue weighted by Crippen LogP contribution is 2.27. The van der Waals surface area contributed by atoms with E-state index in [1.54, 1.807) is 0 Å². The highest BCUT2D eigenvalue weighted by atomic mass is 19.1. The van der Waals surface area contributed by atoms with Crippen molar-refractivity contribution in [2.45, 2.75) is 32.1 Å². The highest BCUT2D eigenvalue weighted by molar-refractivity contribution is 5.22. The molecule has 106 valence electrons. The second-order valence-electron chi connectivity index (χ2n) is 5.36. The molecule has 0 saturated carbocycles. The standard InChI is InChI=1S/C15H19FN4/c1-11(17)15(12-2-4-13(16)5-3-12)20-9-8-19-7-6-18-14(19)10-20/h2-7,11,15H,8-10,17H2,1H3. The SMILES string of the molecule is CC(N)C(c1ccc(F)cc1)N1CCn2ccnc2C1. The van der Waals surface area contributed by atoms with Gasteiger partial charge in [0.25, 0.3) is 0 Å². The second kappa shape index (κ2) is 5.34. The van der Waals surface area contributed by atoms with Crippen LogP contribution in [0.3, 0.4) is 0 Å². The minimum atomic E-state index is -0.216. The van der Waals surface area contributed by atoms with E-state index in [-0.39, 0.29) is 17.9 Å². The van der Waals surface area contributed by atoms with E-state index in [4.69, 9.17) is 5.73 Å². The van der Waals surface area contributed by atoms with Gasteiger partial charge in [-0.05, 0) is 24.6 Å². The number of hydrogen-bond acceptors (Lipinski definition) is 3. The fraction of sp³-hybridized carbons (Fsp3) is 0.400. The van der Waals surface area contributed by atoms with Gasteiger partial charge in [-0.1, -0.05) is 12.1 Å². The molecule has 1 aliphatic heterocycles. The maximum Gasteiger partial charge on any atom is 0.123 e. The zero-order valence-electron chi connectivity index (χ0n) is 11.5. The normalized spacial score (nSPS) is 18.6. The maximum atomic E-state index is 13.1. The molecule has 0 aliphatic carbocycles. The summed E-state index contributed by atoms with van der Waals surface area (Å²) in [6.07, 6.45) is 3.84. The summed E-state index contributed by atoms with van der Waals surface area (Å²) in [5.74, 6) is 0.843. The van der Waals surface area contributed by atoms with Gasteiger partial charge in [0.1, 0.15) is 11.6 Å². The summed E-state index contributed by atoms with van der Waals surface area (Å²) < 4.78 is 15.3. The molecule has 3 rings (SSSR count). The molecular weight excluding hydrogens is 255 g/mol. The molecule has 0 saturated heterocycles. The van der Waals surface area contributed by atoms with Gasteiger partial charge in [0.2, 0.25) is 0 Å². The molecule has 0 spiro atoms. The average molecular weight is 274 g/mol. The topological polar surface area (TPSA) is 47.1 Å². The number of rotatable bonds is 3. The molecule has 20 heavy (non-hydrogen) atoms. The smallest absolute Gasteiger partial charge is 0.123 e. The Balaban J connectivity index is 1.87. The van der Waals surface area contributed by atoms with E-state index < -0.39 is 0 Å². The zero-order valence-corrected chi connectivity index (χ0v) is 11.5. The Morgan fingerprint density at radius 1 is 1.25 bits per heavy atom. The van der Waals surface area contributed by atoms with Gasteiger partial charge in [-0.25, -0.2) is 9.37 Å². The number of nitrogens with zero attached hydrogens (tertiary/aromatic N) is 3. The van der Waals surface area contributed by atoms with Gasteiger partial charge in [0.15, 0.2) is 0 Å². The number of benzene rings is 1. The average Bonchev–Trinajstić information content (AvgIpc) is 2.88.